The van der Waals surface area contributed by atoms with Gasteiger partial charge in [-0.2, -0.15) is 0 Å². The van der Waals surface area contributed by atoms with Crippen LogP contribution in [-0.2, 0) is 11.2 Å². The zero-order valence-corrected chi connectivity index (χ0v) is 11.7. The Morgan fingerprint density at radius 3 is 2.70 bits per heavy atom. The lowest BCUT2D eigenvalue weighted by Gasteiger charge is -2.00. The summed E-state index contributed by atoms with van der Waals surface area (Å²) in [6.45, 7) is 0. The quantitative estimate of drug-likeness (QED) is 0.544. The second kappa shape index (κ2) is 7.48. The topological polar surface area (TPSA) is 52.3 Å². The molecule has 0 aliphatic heterocycles. The van der Waals surface area contributed by atoms with Crippen molar-refractivity contribution >= 4 is 6.29 Å². The van der Waals surface area contributed by atoms with Crippen LogP contribution >= 0.6 is 0 Å². The van der Waals surface area contributed by atoms with Crippen molar-refractivity contribution in [3.8, 4) is 17.1 Å². The minimum atomic E-state index is 0.642. The van der Waals surface area contributed by atoms with Gasteiger partial charge in [0, 0.05) is 18.4 Å². The highest BCUT2D eigenvalue weighted by atomic mass is 16.5. The third-order valence-electron chi connectivity index (χ3n) is 3.14. The fourth-order valence-electron chi connectivity index (χ4n) is 2.00. The van der Waals surface area contributed by atoms with Crippen molar-refractivity contribution in [2.45, 2.75) is 32.1 Å². The van der Waals surface area contributed by atoms with E-state index in [-0.39, 0.29) is 0 Å². The predicted octanol–water partition coefficient (Wildman–Crippen LogP) is 3.65. The molecule has 106 valence electrons. The second-order valence-corrected chi connectivity index (χ2v) is 4.61. The number of carbonyl (C=O) groups excluding carboxylic acids is 1. The van der Waals surface area contributed by atoms with Crippen LogP contribution in [0, 0.1) is 0 Å². The van der Waals surface area contributed by atoms with Gasteiger partial charge in [-0.25, -0.2) is 4.98 Å². The first kappa shape index (κ1) is 14.3. The van der Waals surface area contributed by atoms with E-state index >= 15 is 0 Å². The van der Waals surface area contributed by atoms with Crippen molar-refractivity contribution in [1.29, 1.82) is 0 Å². The molecule has 0 saturated heterocycles. The molecule has 4 heteroatoms. The lowest BCUT2D eigenvalue weighted by atomic mass is 10.1. The van der Waals surface area contributed by atoms with Gasteiger partial charge in [-0.1, -0.05) is 6.42 Å². The van der Waals surface area contributed by atoms with Gasteiger partial charge in [-0.05, 0) is 37.1 Å². The number of methoxy groups -OCH3 is 1. The third kappa shape index (κ3) is 3.95. The standard InChI is InChI=1S/C16H19NO3/c1-19-14-9-7-13(8-10-14)15-12-17-16(20-15)6-4-2-3-5-11-18/h7-12H,2-6H2,1H3. The van der Waals surface area contributed by atoms with Gasteiger partial charge in [0.2, 0.25) is 0 Å². The van der Waals surface area contributed by atoms with Gasteiger partial charge in [-0.15, -0.1) is 0 Å². The Morgan fingerprint density at radius 1 is 1.20 bits per heavy atom. The number of benzene rings is 1. The van der Waals surface area contributed by atoms with Crippen LogP contribution in [0.4, 0.5) is 0 Å². The maximum absolute atomic E-state index is 10.2. The minimum Gasteiger partial charge on any atom is -0.497 e. The van der Waals surface area contributed by atoms with Crippen LogP contribution in [-0.4, -0.2) is 18.4 Å². The van der Waals surface area contributed by atoms with E-state index < -0.39 is 0 Å². The predicted molar refractivity (Wildman–Crippen MR) is 76.7 cm³/mol. The number of oxazole rings is 1. The van der Waals surface area contributed by atoms with Crippen LogP contribution in [0.15, 0.2) is 34.9 Å². The first-order valence-electron chi connectivity index (χ1n) is 6.86. The van der Waals surface area contributed by atoms with Gasteiger partial charge in [0.15, 0.2) is 11.7 Å². The van der Waals surface area contributed by atoms with Crippen molar-refractivity contribution in [2.75, 3.05) is 7.11 Å². The number of carbonyl (C=O) groups is 1. The molecule has 0 aliphatic carbocycles. The monoisotopic (exact) mass is 273 g/mol. The molecule has 0 saturated carbocycles. The number of nitrogens with zero attached hydrogens (tertiary/aromatic N) is 1. The summed E-state index contributed by atoms with van der Waals surface area (Å²) in [6, 6.07) is 7.70. The lowest BCUT2D eigenvalue weighted by Crippen LogP contribution is -1.86. The molecule has 2 rings (SSSR count). The number of aryl methyl sites for hydroxylation is 1. The molecule has 0 amide bonds. The summed E-state index contributed by atoms with van der Waals surface area (Å²) >= 11 is 0. The smallest absolute Gasteiger partial charge is 0.194 e. The zero-order valence-electron chi connectivity index (χ0n) is 11.7. The van der Waals surface area contributed by atoms with Crippen molar-refractivity contribution < 1.29 is 13.9 Å². The Labute approximate surface area is 118 Å². The van der Waals surface area contributed by atoms with Crippen LogP contribution in [0.5, 0.6) is 5.75 Å². The molecule has 0 N–H and O–H groups in total. The molecule has 1 aromatic carbocycles. The van der Waals surface area contributed by atoms with Gasteiger partial charge in [0.25, 0.3) is 0 Å². The van der Waals surface area contributed by atoms with Gasteiger partial charge in [0.1, 0.15) is 12.0 Å². The number of hydrogen-bond donors (Lipinski definition) is 0. The third-order valence-corrected chi connectivity index (χ3v) is 3.14. The number of unbranched alkanes of at least 4 members (excludes halogenated alkanes) is 3. The van der Waals surface area contributed by atoms with E-state index in [0.717, 1.165) is 54.9 Å². The summed E-state index contributed by atoms with van der Waals surface area (Å²) in [5, 5.41) is 0. The largest absolute Gasteiger partial charge is 0.497 e. The highest BCUT2D eigenvalue weighted by Crippen LogP contribution is 2.23. The molecule has 0 aliphatic rings. The molecule has 0 unspecified atom stereocenters. The molecule has 2 aromatic rings. The van der Waals surface area contributed by atoms with E-state index in [1.807, 2.05) is 24.3 Å². The Bertz CT molecular complexity index is 531. The number of ether oxygens (including phenoxy) is 1. The number of rotatable bonds is 8. The van der Waals surface area contributed by atoms with E-state index in [4.69, 9.17) is 9.15 Å². The summed E-state index contributed by atoms with van der Waals surface area (Å²) in [7, 11) is 1.65. The van der Waals surface area contributed by atoms with Crippen molar-refractivity contribution in [3.05, 3.63) is 36.4 Å². The molecule has 20 heavy (non-hydrogen) atoms. The number of aldehydes is 1. The molecular formula is C16H19NO3. The first-order chi connectivity index (χ1) is 9.83. The van der Waals surface area contributed by atoms with Crippen molar-refractivity contribution in [3.63, 3.8) is 0 Å². The van der Waals surface area contributed by atoms with E-state index in [1.54, 1.807) is 13.3 Å². The van der Waals surface area contributed by atoms with Crippen LogP contribution in [0.25, 0.3) is 11.3 Å². The molecular weight excluding hydrogens is 254 g/mol. The highest BCUT2D eigenvalue weighted by molar-refractivity contribution is 5.57. The number of hydrogen-bond acceptors (Lipinski definition) is 4. The number of aromatic nitrogens is 1. The van der Waals surface area contributed by atoms with Gasteiger partial charge in [0.05, 0.1) is 13.3 Å². The lowest BCUT2D eigenvalue weighted by molar-refractivity contribution is -0.107. The summed E-state index contributed by atoms with van der Waals surface area (Å²) in [4.78, 5) is 14.5. The van der Waals surface area contributed by atoms with Crippen LogP contribution in [0.1, 0.15) is 31.6 Å². The van der Waals surface area contributed by atoms with Gasteiger partial charge in [-0.3, -0.25) is 0 Å². The summed E-state index contributed by atoms with van der Waals surface area (Å²) in [5.74, 6) is 2.35. The van der Waals surface area contributed by atoms with Crippen molar-refractivity contribution in [1.82, 2.24) is 4.98 Å². The fraction of sp³-hybridized carbons (Fsp3) is 0.375. The Kier molecular flexibility index (Phi) is 5.35. The first-order valence-corrected chi connectivity index (χ1v) is 6.86. The van der Waals surface area contributed by atoms with E-state index in [2.05, 4.69) is 4.98 Å². The maximum atomic E-state index is 10.2. The normalized spacial score (nSPS) is 10.4. The maximum Gasteiger partial charge on any atom is 0.194 e. The molecule has 1 aromatic heterocycles. The fourth-order valence-corrected chi connectivity index (χ4v) is 2.00. The molecule has 1 heterocycles. The average molecular weight is 273 g/mol. The molecule has 0 atom stereocenters. The highest BCUT2D eigenvalue weighted by Gasteiger charge is 2.06. The summed E-state index contributed by atoms with van der Waals surface area (Å²) in [6.07, 6.45) is 7.14. The zero-order chi connectivity index (χ0) is 14.2. The minimum absolute atomic E-state index is 0.642. The average Bonchev–Trinajstić information content (AvgIpc) is 2.96. The SMILES string of the molecule is COc1ccc(-c2cnc(CCCCCC=O)o2)cc1. The Balaban J connectivity index is 1.89. The van der Waals surface area contributed by atoms with E-state index in [1.165, 1.54) is 0 Å². The summed E-state index contributed by atoms with van der Waals surface area (Å²) in [5.41, 5.74) is 0.991. The van der Waals surface area contributed by atoms with Gasteiger partial charge < -0.3 is 13.9 Å². The van der Waals surface area contributed by atoms with Crippen LogP contribution in [0.3, 0.4) is 0 Å². The molecule has 0 bridgehead atoms. The molecule has 0 fully saturated rings. The van der Waals surface area contributed by atoms with E-state index in [0.29, 0.717) is 6.42 Å². The summed E-state index contributed by atoms with van der Waals surface area (Å²) < 4.78 is 10.9. The van der Waals surface area contributed by atoms with Gasteiger partial charge >= 0.3 is 0 Å². The van der Waals surface area contributed by atoms with E-state index in [9.17, 15) is 4.79 Å². The molecule has 0 spiro atoms. The second-order valence-electron chi connectivity index (χ2n) is 4.61. The molecule has 0 radical (unpaired) electrons. The van der Waals surface area contributed by atoms with Crippen LogP contribution in [0.2, 0.25) is 0 Å². The molecule has 4 nitrogen and oxygen atoms in total. The Morgan fingerprint density at radius 2 is 2.00 bits per heavy atom. The Hall–Kier alpha value is -2.10. The van der Waals surface area contributed by atoms with Crippen LogP contribution < -0.4 is 4.74 Å². The van der Waals surface area contributed by atoms with Crippen molar-refractivity contribution in [2.24, 2.45) is 0 Å².